The van der Waals surface area contributed by atoms with Gasteiger partial charge in [-0.1, -0.05) is 11.6 Å². The van der Waals surface area contributed by atoms with Crippen LogP contribution in [0.3, 0.4) is 0 Å². The zero-order valence-corrected chi connectivity index (χ0v) is 13.7. The highest BCUT2D eigenvalue weighted by Crippen LogP contribution is 2.23. The Balaban J connectivity index is 1.56. The number of pyridine rings is 1. The lowest BCUT2D eigenvalue weighted by atomic mass is 10.2. The summed E-state index contributed by atoms with van der Waals surface area (Å²) in [6.45, 7) is 0.433. The van der Waals surface area contributed by atoms with Crippen molar-refractivity contribution in [3.8, 4) is 11.6 Å². The van der Waals surface area contributed by atoms with Gasteiger partial charge >= 0.3 is 0 Å². The molecule has 2 atom stereocenters. The van der Waals surface area contributed by atoms with Gasteiger partial charge in [0.2, 0.25) is 5.88 Å². The smallest absolute Gasteiger partial charge is 0.253 e. The number of anilines is 1. The Labute approximate surface area is 144 Å². The van der Waals surface area contributed by atoms with E-state index in [-0.39, 0.29) is 12.0 Å². The van der Waals surface area contributed by atoms with E-state index in [1.165, 1.54) is 0 Å². The van der Waals surface area contributed by atoms with Crippen molar-refractivity contribution in [1.29, 1.82) is 0 Å². The van der Waals surface area contributed by atoms with Crippen LogP contribution in [0.5, 0.6) is 11.6 Å². The number of amides is 1. The molecule has 0 unspecified atom stereocenters. The molecule has 1 amide bonds. The zero-order valence-electron chi connectivity index (χ0n) is 12.9. The standard InChI is InChI=1S/C17H18ClN3O3/c18-11-1-4-13(5-2-11)24-16-8-3-12(10-20-16)21-17(22)15-7-6-14(9-19)23-15/h1-5,8,10,14-15H,6-7,9,19H2,(H,21,22)/t14-,15+/m1/s1. The third-order valence-electron chi connectivity index (χ3n) is 3.70. The number of carbonyl (C=O) groups excluding carboxylic acids is 1. The molecule has 0 radical (unpaired) electrons. The van der Waals surface area contributed by atoms with Gasteiger partial charge < -0.3 is 20.5 Å². The zero-order chi connectivity index (χ0) is 16.9. The Hall–Kier alpha value is -2.15. The Bertz CT molecular complexity index is 691. The summed E-state index contributed by atoms with van der Waals surface area (Å²) >= 11 is 5.83. The number of halogens is 1. The lowest BCUT2D eigenvalue weighted by molar-refractivity contribution is -0.126. The van der Waals surface area contributed by atoms with Gasteiger partial charge in [0.25, 0.3) is 5.91 Å². The first-order valence-electron chi connectivity index (χ1n) is 7.70. The van der Waals surface area contributed by atoms with Crippen molar-refractivity contribution >= 4 is 23.2 Å². The number of hydrogen-bond donors (Lipinski definition) is 2. The van der Waals surface area contributed by atoms with Crippen LogP contribution >= 0.6 is 11.6 Å². The number of carbonyl (C=O) groups is 1. The van der Waals surface area contributed by atoms with Crippen molar-refractivity contribution in [2.24, 2.45) is 5.73 Å². The minimum Gasteiger partial charge on any atom is -0.439 e. The van der Waals surface area contributed by atoms with E-state index in [2.05, 4.69) is 10.3 Å². The Morgan fingerprint density at radius 2 is 2.08 bits per heavy atom. The number of aromatic nitrogens is 1. The molecule has 7 heteroatoms. The van der Waals surface area contributed by atoms with Crippen molar-refractivity contribution in [3.05, 3.63) is 47.6 Å². The number of nitrogens with two attached hydrogens (primary N) is 1. The summed E-state index contributed by atoms with van der Waals surface area (Å²) in [5.74, 6) is 0.880. The number of rotatable bonds is 5. The normalized spacial score (nSPS) is 19.9. The predicted molar refractivity (Wildman–Crippen MR) is 91.3 cm³/mol. The minimum atomic E-state index is -0.455. The molecule has 0 spiro atoms. The third kappa shape index (κ3) is 4.23. The largest absolute Gasteiger partial charge is 0.439 e. The average Bonchev–Trinajstić information content (AvgIpc) is 3.08. The van der Waals surface area contributed by atoms with Gasteiger partial charge in [-0.3, -0.25) is 4.79 Å². The quantitative estimate of drug-likeness (QED) is 0.868. The van der Waals surface area contributed by atoms with Crippen LogP contribution in [0.1, 0.15) is 12.8 Å². The predicted octanol–water partition coefficient (Wildman–Crippen LogP) is 2.97. The van der Waals surface area contributed by atoms with Crippen LogP contribution < -0.4 is 15.8 Å². The Kier molecular flexibility index (Phi) is 5.30. The van der Waals surface area contributed by atoms with E-state index in [4.69, 9.17) is 26.8 Å². The van der Waals surface area contributed by atoms with Crippen LogP contribution in [0.2, 0.25) is 5.02 Å². The molecule has 2 heterocycles. The molecule has 1 fully saturated rings. The molecule has 0 bridgehead atoms. The number of nitrogens with one attached hydrogen (secondary N) is 1. The highest BCUT2D eigenvalue weighted by atomic mass is 35.5. The summed E-state index contributed by atoms with van der Waals surface area (Å²) in [6.07, 6.45) is 2.54. The molecule has 2 aromatic rings. The fourth-order valence-corrected chi connectivity index (χ4v) is 2.56. The summed E-state index contributed by atoms with van der Waals surface area (Å²) in [7, 11) is 0. The third-order valence-corrected chi connectivity index (χ3v) is 3.95. The lowest BCUT2D eigenvalue weighted by Crippen LogP contribution is -2.29. The second-order valence-electron chi connectivity index (χ2n) is 5.49. The van der Waals surface area contributed by atoms with Gasteiger partial charge in [-0.15, -0.1) is 0 Å². The van der Waals surface area contributed by atoms with E-state index in [1.54, 1.807) is 42.6 Å². The van der Waals surface area contributed by atoms with Gasteiger partial charge in [0.15, 0.2) is 0 Å². The molecule has 1 aromatic carbocycles. The first-order chi connectivity index (χ1) is 11.6. The molecule has 1 aromatic heterocycles. The van der Waals surface area contributed by atoms with Crippen molar-refractivity contribution in [2.75, 3.05) is 11.9 Å². The highest BCUT2D eigenvalue weighted by Gasteiger charge is 2.29. The number of hydrogen-bond acceptors (Lipinski definition) is 5. The van der Waals surface area contributed by atoms with Crippen molar-refractivity contribution < 1.29 is 14.3 Å². The second kappa shape index (κ2) is 7.61. The van der Waals surface area contributed by atoms with Crippen molar-refractivity contribution in [1.82, 2.24) is 4.98 Å². The highest BCUT2D eigenvalue weighted by molar-refractivity contribution is 6.30. The molecule has 1 saturated heterocycles. The van der Waals surface area contributed by atoms with Gasteiger partial charge in [-0.05, 0) is 43.2 Å². The molecule has 3 N–H and O–H groups in total. The fourth-order valence-electron chi connectivity index (χ4n) is 2.43. The monoisotopic (exact) mass is 347 g/mol. The maximum absolute atomic E-state index is 12.1. The molecule has 3 rings (SSSR count). The van der Waals surface area contributed by atoms with Gasteiger partial charge in [0.05, 0.1) is 18.0 Å². The molecule has 1 aliphatic heterocycles. The second-order valence-corrected chi connectivity index (χ2v) is 5.93. The first-order valence-corrected chi connectivity index (χ1v) is 8.07. The topological polar surface area (TPSA) is 86.5 Å². The number of ether oxygens (including phenoxy) is 2. The molecule has 0 saturated carbocycles. The van der Waals surface area contributed by atoms with E-state index in [0.717, 1.165) is 6.42 Å². The fraction of sp³-hybridized carbons (Fsp3) is 0.294. The van der Waals surface area contributed by atoms with Crippen LogP contribution in [0, 0.1) is 0 Å². The summed E-state index contributed by atoms with van der Waals surface area (Å²) < 4.78 is 11.2. The first kappa shape index (κ1) is 16.7. The molecule has 24 heavy (non-hydrogen) atoms. The van der Waals surface area contributed by atoms with Gasteiger partial charge in [0.1, 0.15) is 11.9 Å². The van der Waals surface area contributed by atoms with Gasteiger partial charge in [-0.2, -0.15) is 0 Å². The van der Waals surface area contributed by atoms with Gasteiger partial charge in [0, 0.05) is 17.6 Å². The summed E-state index contributed by atoms with van der Waals surface area (Å²) in [5, 5.41) is 3.43. The molecular weight excluding hydrogens is 330 g/mol. The molecule has 126 valence electrons. The van der Waals surface area contributed by atoms with Crippen LogP contribution in [0.15, 0.2) is 42.6 Å². The SMILES string of the molecule is NC[C@H]1CC[C@@H](C(=O)Nc2ccc(Oc3ccc(Cl)cc3)nc2)O1. The van der Waals surface area contributed by atoms with Crippen LogP contribution in [-0.4, -0.2) is 29.6 Å². The van der Waals surface area contributed by atoms with Crippen molar-refractivity contribution in [3.63, 3.8) is 0 Å². The average molecular weight is 348 g/mol. The van der Waals surface area contributed by atoms with E-state index < -0.39 is 6.10 Å². The van der Waals surface area contributed by atoms with E-state index in [9.17, 15) is 4.79 Å². The summed E-state index contributed by atoms with van der Waals surface area (Å²) in [6, 6.07) is 10.4. The maximum atomic E-state index is 12.1. The maximum Gasteiger partial charge on any atom is 0.253 e. The van der Waals surface area contributed by atoms with E-state index in [1.807, 2.05) is 0 Å². The van der Waals surface area contributed by atoms with E-state index >= 15 is 0 Å². The minimum absolute atomic E-state index is 0.0333. The van der Waals surface area contributed by atoms with Crippen LogP contribution in [-0.2, 0) is 9.53 Å². The summed E-state index contributed by atoms with van der Waals surface area (Å²) in [5.41, 5.74) is 6.14. The van der Waals surface area contributed by atoms with E-state index in [0.29, 0.717) is 35.3 Å². The Morgan fingerprint density at radius 1 is 1.29 bits per heavy atom. The molecular formula is C17H18ClN3O3. The lowest BCUT2D eigenvalue weighted by Gasteiger charge is -2.12. The number of nitrogens with zero attached hydrogens (tertiary/aromatic N) is 1. The molecule has 0 aliphatic carbocycles. The molecule has 6 nitrogen and oxygen atoms in total. The summed E-state index contributed by atoms with van der Waals surface area (Å²) in [4.78, 5) is 16.3. The van der Waals surface area contributed by atoms with Crippen molar-refractivity contribution in [2.45, 2.75) is 25.0 Å². The van der Waals surface area contributed by atoms with Gasteiger partial charge in [-0.25, -0.2) is 4.98 Å². The Morgan fingerprint density at radius 3 is 2.71 bits per heavy atom. The number of benzene rings is 1. The van der Waals surface area contributed by atoms with Crippen LogP contribution in [0.4, 0.5) is 5.69 Å². The van der Waals surface area contributed by atoms with Crippen LogP contribution in [0.25, 0.3) is 0 Å². The molecule has 1 aliphatic rings.